The van der Waals surface area contributed by atoms with Gasteiger partial charge in [0.1, 0.15) is 0 Å². The van der Waals surface area contributed by atoms with E-state index in [1.54, 1.807) is 6.92 Å². The standard InChI is InChI=1S/C22H16N2O3S2/c1-2-29(26,27)15-11-9-14(10-12-15)21(25)24-22-23-19-16-7-3-5-13-6-4-8-17(18(13)16)20(19)28-22/h3-12H,2H2,1H3,(H,23,24,25). The van der Waals surface area contributed by atoms with Crippen molar-refractivity contribution in [2.45, 2.75) is 11.8 Å². The van der Waals surface area contributed by atoms with Gasteiger partial charge in [-0.3, -0.25) is 10.1 Å². The summed E-state index contributed by atoms with van der Waals surface area (Å²) in [7, 11) is -3.29. The fraction of sp³-hybridized carbons (Fsp3) is 0.0909. The quantitative estimate of drug-likeness (QED) is 0.444. The van der Waals surface area contributed by atoms with Crippen molar-refractivity contribution in [3.63, 3.8) is 0 Å². The maximum absolute atomic E-state index is 12.6. The van der Waals surface area contributed by atoms with E-state index in [1.165, 1.54) is 46.4 Å². The second-order valence-corrected chi connectivity index (χ2v) is 10.1. The van der Waals surface area contributed by atoms with E-state index in [9.17, 15) is 13.2 Å². The number of amides is 1. The minimum Gasteiger partial charge on any atom is -0.298 e. The molecule has 1 aliphatic rings. The largest absolute Gasteiger partial charge is 0.298 e. The Morgan fingerprint density at radius 3 is 2.38 bits per heavy atom. The molecule has 0 fully saturated rings. The van der Waals surface area contributed by atoms with E-state index in [0.717, 1.165) is 21.7 Å². The average molecular weight is 421 g/mol. The molecule has 3 aromatic carbocycles. The Kier molecular flexibility index (Phi) is 4.04. The molecule has 1 aromatic heterocycles. The molecular weight excluding hydrogens is 404 g/mol. The monoisotopic (exact) mass is 420 g/mol. The van der Waals surface area contributed by atoms with Crippen LogP contribution in [0.1, 0.15) is 17.3 Å². The Hall–Kier alpha value is -3.03. The Bertz CT molecular complexity index is 1330. The van der Waals surface area contributed by atoms with Crippen LogP contribution in [-0.2, 0) is 9.84 Å². The van der Waals surface area contributed by atoms with Crippen molar-refractivity contribution in [3.05, 3.63) is 66.2 Å². The van der Waals surface area contributed by atoms with Gasteiger partial charge in [-0.1, -0.05) is 54.7 Å². The highest BCUT2D eigenvalue weighted by Gasteiger charge is 2.26. The smallest absolute Gasteiger partial charge is 0.257 e. The molecule has 1 aliphatic carbocycles. The van der Waals surface area contributed by atoms with Gasteiger partial charge in [0.05, 0.1) is 21.2 Å². The minimum absolute atomic E-state index is 0.0252. The van der Waals surface area contributed by atoms with Crippen molar-refractivity contribution in [3.8, 4) is 21.7 Å². The van der Waals surface area contributed by atoms with Crippen molar-refractivity contribution < 1.29 is 13.2 Å². The van der Waals surface area contributed by atoms with Gasteiger partial charge >= 0.3 is 0 Å². The lowest BCUT2D eigenvalue weighted by Gasteiger charge is -2.05. The molecule has 5 rings (SSSR count). The normalized spacial score (nSPS) is 12.2. The van der Waals surface area contributed by atoms with Crippen molar-refractivity contribution in [1.29, 1.82) is 0 Å². The van der Waals surface area contributed by atoms with Crippen molar-refractivity contribution in [2.75, 3.05) is 11.1 Å². The minimum atomic E-state index is -3.29. The van der Waals surface area contributed by atoms with Gasteiger partial charge < -0.3 is 0 Å². The number of benzene rings is 3. The van der Waals surface area contributed by atoms with Gasteiger partial charge in [-0.25, -0.2) is 13.4 Å². The lowest BCUT2D eigenvalue weighted by molar-refractivity contribution is 0.102. The van der Waals surface area contributed by atoms with Crippen molar-refractivity contribution in [1.82, 2.24) is 4.98 Å². The van der Waals surface area contributed by atoms with E-state index in [-0.39, 0.29) is 16.6 Å². The van der Waals surface area contributed by atoms with E-state index in [0.29, 0.717) is 10.7 Å². The highest BCUT2D eigenvalue weighted by molar-refractivity contribution is 7.91. The molecule has 7 heteroatoms. The molecule has 1 heterocycles. The molecule has 1 N–H and O–H groups in total. The van der Waals surface area contributed by atoms with Gasteiger partial charge in [-0.15, -0.1) is 0 Å². The van der Waals surface area contributed by atoms with Gasteiger partial charge in [0.25, 0.3) is 5.91 Å². The highest BCUT2D eigenvalue weighted by atomic mass is 32.2. The third-order valence-electron chi connectivity index (χ3n) is 5.11. The predicted molar refractivity (Wildman–Crippen MR) is 116 cm³/mol. The summed E-state index contributed by atoms with van der Waals surface area (Å²) in [5.74, 6) is -0.290. The Balaban J connectivity index is 1.44. The number of aromatic nitrogens is 1. The first kappa shape index (κ1) is 18.0. The molecule has 0 saturated heterocycles. The fourth-order valence-electron chi connectivity index (χ4n) is 3.62. The summed E-state index contributed by atoms with van der Waals surface area (Å²) in [5, 5.41) is 5.75. The van der Waals surface area contributed by atoms with Crippen LogP contribution in [-0.4, -0.2) is 25.1 Å². The van der Waals surface area contributed by atoms with Crippen LogP contribution in [0.4, 0.5) is 5.13 Å². The average Bonchev–Trinajstić information content (AvgIpc) is 3.28. The SMILES string of the molecule is CCS(=O)(=O)c1ccc(C(=O)Nc2nc3c(s2)-c2cccc4cccc-3c24)cc1. The first-order valence-electron chi connectivity index (χ1n) is 9.15. The number of fused-ring (bicyclic) bond motifs is 3. The molecule has 5 nitrogen and oxygen atoms in total. The second-order valence-electron chi connectivity index (χ2n) is 6.79. The van der Waals surface area contributed by atoms with Gasteiger partial charge in [-0.05, 0) is 35.0 Å². The summed E-state index contributed by atoms with van der Waals surface area (Å²) >= 11 is 1.45. The number of carbonyl (C=O) groups excluding carboxylic acids is 1. The third-order valence-corrected chi connectivity index (χ3v) is 7.86. The van der Waals surface area contributed by atoms with Gasteiger partial charge in [0.15, 0.2) is 15.0 Å². The maximum Gasteiger partial charge on any atom is 0.257 e. The van der Waals surface area contributed by atoms with Gasteiger partial charge in [0.2, 0.25) is 0 Å². The van der Waals surface area contributed by atoms with Crippen LogP contribution in [0.15, 0.2) is 65.6 Å². The van der Waals surface area contributed by atoms with E-state index in [2.05, 4.69) is 34.6 Å². The van der Waals surface area contributed by atoms with E-state index in [4.69, 9.17) is 0 Å². The number of thiazole rings is 1. The van der Waals surface area contributed by atoms with Crippen LogP contribution >= 0.6 is 11.3 Å². The molecule has 0 radical (unpaired) electrons. The van der Waals surface area contributed by atoms with Crippen LogP contribution in [0.3, 0.4) is 0 Å². The zero-order valence-corrected chi connectivity index (χ0v) is 17.1. The number of nitrogens with zero attached hydrogens (tertiary/aromatic N) is 1. The number of carbonyl (C=O) groups is 1. The summed E-state index contributed by atoms with van der Waals surface area (Å²) in [6.07, 6.45) is 0. The number of hydrogen-bond donors (Lipinski definition) is 1. The zero-order chi connectivity index (χ0) is 20.2. The number of anilines is 1. The molecule has 0 unspecified atom stereocenters. The molecule has 4 aromatic rings. The lowest BCUT2D eigenvalue weighted by atomic mass is 10.0. The van der Waals surface area contributed by atoms with Crippen molar-refractivity contribution >= 4 is 43.0 Å². The molecular formula is C22H16N2O3S2. The van der Waals surface area contributed by atoms with Crippen LogP contribution in [0.2, 0.25) is 0 Å². The second kappa shape index (κ2) is 6.50. The Morgan fingerprint density at radius 2 is 1.69 bits per heavy atom. The van der Waals surface area contributed by atoms with Crippen molar-refractivity contribution in [2.24, 2.45) is 0 Å². The number of rotatable bonds is 4. The number of nitrogens with one attached hydrogen (secondary N) is 1. The van der Waals surface area contributed by atoms with Gasteiger partial charge in [-0.2, -0.15) is 0 Å². The summed E-state index contributed by atoms with van der Waals surface area (Å²) in [6, 6.07) is 18.3. The lowest BCUT2D eigenvalue weighted by Crippen LogP contribution is -2.12. The first-order valence-corrected chi connectivity index (χ1v) is 11.6. The third kappa shape index (κ3) is 2.85. The molecule has 0 spiro atoms. The highest BCUT2D eigenvalue weighted by Crippen LogP contribution is 2.50. The van der Waals surface area contributed by atoms with Gasteiger partial charge in [0, 0.05) is 16.7 Å². The summed E-state index contributed by atoms with van der Waals surface area (Å²) in [4.78, 5) is 18.5. The predicted octanol–water partition coefficient (Wildman–Crippen LogP) is 4.99. The Labute approximate surface area is 172 Å². The molecule has 0 bridgehead atoms. The molecule has 29 heavy (non-hydrogen) atoms. The van der Waals surface area contributed by atoms with Crippen LogP contribution < -0.4 is 5.32 Å². The van der Waals surface area contributed by atoms with Crippen LogP contribution in [0.5, 0.6) is 0 Å². The molecule has 0 saturated carbocycles. The molecule has 144 valence electrons. The molecule has 0 atom stereocenters. The zero-order valence-electron chi connectivity index (χ0n) is 15.5. The molecule has 1 amide bonds. The number of sulfone groups is 1. The van der Waals surface area contributed by atoms with Crippen LogP contribution in [0.25, 0.3) is 32.5 Å². The summed E-state index contributed by atoms with van der Waals surface area (Å²) in [6.45, 7) is 1.59. The van der Waals surface area contributed by atoms with E-state index in [1.807, 2.05) is 12.1 Å². The fourth-order valence-corrected chi connectivity index (χ4v) is 5.51. The first-order chi connectivity index (χ1) is 14.0. The molecule has 0 aliphatic heterocycles. The Morgan fingerprint density at radius 1 is 1.00 bits per heavy atom. The summed E-state index contributed by atoms with van der Waals surface area (Å²) in [5.41, 5.74) is 3.50. The number of hydrogen-bond acceptors (Lipinski definition) is 5. The topological polar surface area (TPSA) is 76.1 Å². The van der Waals surface area contributed by atoms with E-state index < -0.39 is 9.84 Å². The van der Waals surface area contributed by atoms with Crippen LogP contribution in [0, 0.1) is 0 Å². The van der Waals surface area contributed by atoms with E-state index >= 15 is 0 Å². The summed E-state index contributed by atoms with van der Waals surface area (Å²) < 4.78 is 23.8. The maximum atomic E-state index is 12.6.